The average molecular weight is 235 g/mol. The molecule has 1 saturated heterocycles. The fourth-order valence-electron chi connectivity index (χ4n) is 2.26. The molecule has 0 aliphatic carbocycles. The topological polar surface area (TPSA) is 49.2 Å². The van der Waals surface area contributed by atoms with E-state index >= 15 is 0 Å². The van der Waals surface area contributed by atoms with Crippen LogP contribution < -0.4 is 4.90 Å². The van der Waals surface area contributed by atoms with Crippen LogP contribution in [-0.4, -0.2) is 33.8 Å². The number of aryl methyl sites for hydroxylation is 2. The van der Waals surface area contributed by atoms with Crippen molar-refractivity contribution >= 4 is 5.95 Å². The van der Waals surface area contributed by atoms with Crippen molar-refractivity contribution < 1.29 is 5.11 Å². The molecule has 0 bridgehead atoms. The van der Waals surface area contributed by atoms with E-state index < -0.39 is 5.60 Å². The van der Waals surface area contributed by atoms with E-state index in [2.05, 4.69) is 28.7 Å². The first kappa shape index (κ1) is 12.3. The van der Waals surface area contributed by atoms with Crippen LogP contribution in [0.3, 0.4) is 0 Å². The summed E-state index contributed by atoms with van der Waals surface area (Å²) in [6.07, 6.45) is 2.79. The predicted molar refractivity (Wildman–Crippen MR) is 68.1 cm³/mol. The number of hydrogen-bond donors (Lipinski definition) is 1. The van der Waals surface area contributed by atoms with Gasteiger partial charge in [0, 0.05) is 30.9 Å². The molecule has 1 aromatic heterocycles. The molecule has 0 amide bonds. The molecule has 0 unspecified atom stereocenters. The van der Waals surface area contributed by atoms with Crippen molar-refractivity contribution in [3.8, 4) is 0 Å². The van der Waals surface area contributed by atoms with Crippen molar-refractivity contribution in [2.75, 3.05) is 18.0 Å². The van der Waals surface area contributed by atoms with Gasteiger partial charge in [0.05, 0.1) is 5.60 Å². The highest BCUT2D eigenvalue weighted by Gasteiger charge is 2.39. The Morgan fingerprint density at radius 3 is 2.82 bits per heavy atom. The number of nitrogens with zero attached hydrogens (tertiary/aromatic N) is 3. The zero-order valence-electron chi connectivity index (χ0n) is 11.1. The Balaban J connectivity index is 2.25. The molecule has 2 rings (SSSR count). The third kappa shape index (κ3) is 2.27. The Morgan fingerprint density at radius 2 is 2.29 bits per heavy atom. The van der Waals surface area contributed by atoms with Gasteiger partial charge in [0.15, 0.2) is 0 Å². The SMILES string of the molecule is CCc1nc(N2C[C@H](C)[C@](C)(O)C2)ncc1C. The number of rotatable bonds is 2. The first-order valence-corrected chi connectivity index (χ1v) is 6.24. The number of anilines is 1. The van der Waals surface area contributed by atoms with Gasteiger partial charge in [-0.3, -0.25) is 0 Å². The highest BCUT2D eigenvalue weighted by atomic mass is 16.3. The molecule has 2 atom stereocenters. The normalized spacial score (nSPS) is 28.8. The third-order valence-corrected chi connectivity index (χ3v) is 3.75. The van der Waals surface area contributed by atoms with Crippen LogP contribution in [0, 0.1) is 12.8 Å². The standard InChI is InChI=1S/C13H21N3O/c1-5-11-9(2)6-14-12(15-11)16-7-10(3)13(4,17)8-16/h6,10,17H,5,7-8H2,1-4H3/t10-,13+/m0/s1. The molecule has 1 N–H and O–H groups in total. The molecule has 4 nitrogen and oxygen atoms in total. The van der Waals surface area contributed by atoms with Crippen molar-refractivity contribution in [3.05, 3.63) is 17.5 Å². The van der Waals surface area contributed by atoms with E-state index in [0.717, 1.165) is 30.2 Å². The van der Waals surface area contributed by atoms with Gasteiger partial charge >= 0.3 is 0 Å². The summed E-state index contributed by atoms with van der Waals surface area (Å²) in [6, 6.07) is 0. The molecular weight excluding hydrogens is 214 g/mol. The Kier molecular flexibility index (Phi) is 3.08. The molecule has 0 saturated carbocycles. The average Bonchev–Trinajstić information content (AvgIpc) is 2.54. The van der Waals surface area contributed by atoms with Gasteiger partial charge in [0.1, 0.15) is 0 Å². The molecule has 1 fully saturated rings. The maximum absolute atomic E-state index is 10.2. The summed E-state index contributed by atoms with van der Waals surface area (Å²) in [5.41, 5.74) is 1.59. The second-order valence-corrected chi connectivity index (χ2v) is 5.29. The molecule has 0 aromatic carbocycles. The van der Waals surface area contributed by atoms with Gasteiger partial charge in [0.25, 0.3) is 0 Å². The third-order valence-electron chi connectivity index (χ3n) is 3.75. The molecular formula is C13H21N3O. The van der Waals surface area contributed by atoms with Crippen molar-refractivity contribution in [1.29, 1.82) is 0 Å². The van der Waals surface area contributed by atoms with E-state index in [0.29, 0.717) is 6.54 Å². The van der Waals surface area contributed by atoms with Gasteiger partial charge in [0.2, 0.25) is 5.95 Å². The summed E-state index contributed by atoms with van der Waals surface area (Å²) >= 11 is 0. The van der Waals surface area contributed by atoms with Crippen LogP contribution in [0.4, 0.5) is 5.95 Å². The van der Waals surface area contributed by atoms with E-state index in [4.69, 9.17) is 0 Å². The first-order valence-electron chi connectivity index (χ1n) is 6.24. The minimum atomic E-state index is -0.638. The molecule has 1 aromatic rings. The monoisotopic (exact) mass is 235 g/mol. The van der Waals surface area contributed by atoms with Crippen LogP contribution in [0.2, 0.25) is 0 Å². The largest absolute Gasteiger partial charge is 0.388 e. The Morgan fingerprint density at radius 1 is 1.59 bits per heavy atom. The lowest BCUT2D eigenvalue weighted by Gasteiger charge is -2.20. The van der Waals surface area contributed by atoms with E-state index in [1.165, 1.54) is 0 Å². The second kappa shape index (κ2) is 4.26. The van der Waals surface area contributed by atoms with Crippen LogP contribution >= 0.6 is 0 Å². The zero-order chi connectivity index (χ0) is 12.6. The smallest absolute Gasteiger partial charge is 0.225 e. The lowest BCUT2D eigenvalue weighted by Crippen LogP contribution is -2.33. The van der Waals surface area contributed by atoms with Crippen molar-refractivity contribution in [3.63, 3.8) is 0 Å². The number of hydrogen-bond acceptors (Lipinski definition) is 4. The number of β-amino-alcohol motifs (C(OH)–C–C–N with tert-alkyl or cyclic N) is 1. The lowest BCUT2D eigenvalue weighted by molar-refractivity contribution is 0.0443. The summed E-state index contributed by atoms with van der Waals surface area (Å²) in [7, 11) is 0. The minimum Gasteiger partial charge on any atom is -0.388 e. The fourth-order valence-corrected chi connectivity index (χ4v) is 2.26. The van der Waals surface area contributed by atoms with Gasteiger partial charge in [-0.1, -0.05) is 13.8 Å². The molecule has 0 spiro atoms. The van der Waals surface area contributed by atoms with Crippen LogP contribution in [0.15, 0.2) is 6.20 Å². The van der Waals surface area contributed by atoms with Gasteiger partial charge in [-0.2, -0.15) is 0 Å². The van der Waals surface area contributed by atoms with Crippen molar-refractivity contribution in [2.24, 2.45) is 5.92 Å². The van der Waals surface area contributed by atoms with Crippen LogP contribution in [0.5, 0.6) is 0 Å². The first-order chi connectivity index (χ1) is 7.94. The summed E-state index contributed by atoms with van der Waals surface area (Å²) < 4.78 is 0. The second-order valence-electron chi connectivity index (χ2n) is 5.29. The molecule has 94 valence electrons. The minimum absolute atomic E-state index is 0.248. The fraction of sp³-hybridized carbons (Fsp3) is 0.692. The van der Waals surface area contributed by atoms with E-state index in [9.17, 15) is 5.11 Å². The van der Waals surface area contributed by atoms with E-state index in [1.807, 2.05) is 20.0 Å². The summed E-state index contributed by atoms with van der Waals surface area (Å²) in [5.74, 6) is 0.995. The highest BCUT2D eigenvalue weighted by molar-refractivity contribution is 5.36. The molecule has 4 heteroatoms. The predicted octanol–water partition coefficient (Wildman–Crippen LogP) is 1.55. The zero-order valence-corrected chi connectivity index (χ0v) is 11.1. The van der Waals surface area contributed by atoms with Crippen LogP contribution in [-0.2, 0) is 6.42 Å². The maximum atomic E-state index is 10.2. The Labute approximate surface area is 103 Å². The van der Waals surface area contributed by atoms with Gasteiger partial charge in [-0.05, 0) is 25.8 Å². The van der Waals surface area contributed by atoms with E-state index in [1.54, 1.807) is 0 Å². The van der Waals surface area contributed by atoms with Gasteiger partial charge in [-0.25, -0.2) is 9.97 Å². The Bertz CT molecular complexity index is 417. The molecule has 17 heavy (non-hydrogen) atoms. The number of aromatic nitrogens is 2. The summed E-state index contributed by atoms with van der Waals surface area (Å²) in [5, 5.41) is 10.2. The molecule has 1 aliphatic heterocycles. The highest BCUT2D eigenvalue weighted by Crippen LogP contribution is 2.29. The van der Waals surface area contributed by atoms with Crippen LogP contribution in [0.1, 0.15) is 32.0 Å². The summed E-state index contributed by atoms with van der Waals surface area (Å²) in [6.45, 7) is 9.51. The summed E-state index contributed by atoms with van der Waals surface area (Å²) in [4.78, 5) is 11.0. The number of aliphatic hydroxyl groups is 1. The van der Waals surface area contributed by atoms with Gasteiger partial charge in [-0.15, -0.1) is 0 Å². The van der Waals surface area contributed by atoms with Crippen molar-refractivity contribution in [1.82, 2.24) is 9.97 Å². The molecule has 2 heterocycles. The molecule has 0 radical (unpaired) electrons. The van der Waals surface area contributed by atoms with Gasteiger partial charge < -0.3 is 10.0 Å². The van der Waals surface area contributed by atoms with Crippen molar-refractivity contribution in [2.45, 2.75) is 39.7 Å². The quantitative estimate of drug-likeness (QED) is 0.845. The van der Waals surface area contributed by atoms with E-state index in [-0.39, 0.29) is 5.92 Å². The van der Waals surface area contributed by atoms with Crippen LogP contribution in [0.25, 0.3) is 0 Å². The Hall–Kier alpha value is -1.16. The molecule has 1 aliphatic rings. The lowest BCUT2D eigenvalue weighted by atomic mass is 9.95. The maximum Gasteiger partial charge on any atom is 0.225 e.